The standard InChI is InChI=1S/C15H15NO4S/c1-19-12-6-5-10(8-13(12)20-2)9-21-14-11(15(17)18)4-3-7-16-14/h3-8H,9H2,1-2H3,(H,17,18). The van der Waals surface area contributed by atoms with Crippen LogP contribution < -0.4 is 9.47 Å². The zero-order chi connectivity index (χ0) is 15.2. The number of carbonyl (C=O) groups is 1. The van der Waals surface area contributed by atoms with E-state index in [1.54, 1.807) is 32.5 Å². The number of rotatable bonds is 6. The van der Waals surface area contributed by atoms with Crippen LogP contribution in [-0.2, 0) is 5.75 Å². The molecular formula is C15H15NO4S. The molecule has 0 saturated carbocycles. The van der Waals surface area contributed by atoms with Gasteiger partial charge in [0.1, 0.15) is 5.03 Å². The molecule has 6 heteroatoms. The predicted molar refractivity (Wildman–Crippen MR) is 80.3 cm³/mol. The third kappa shape index (κ3) is 3.66. The number of pyridine rings is 1. The van der Waals surface area contributed by atoms with Gasteiger partial charge in [-0.05, 0) is 29.8 Å². The second-order valence-corrected chi connectivity index (χ2v) is 5.10. The highest BCUT2D eigenvalue weighted by Crippen LogP contribution is 2.31. The van der Waals surface area contributed by atoms with Crippen molar-refractivity contribution in [3.05, 3.63) is 47.7 Å². The lowest BCUT2D eigenvalue weighted by Crippen LogP contribution is -2.00. The number of nitrogens with zero attached hydrogens (tertiary/aromatic N) is 1. The van der Waals surface area contributed by atoms with Crippen molar-refractivity contribution in [3.63, 3.8) is 0 Å². The van der Waals surface area contributed by atoms with Crippen LogP contribution in [0.4, 0.5) is 0 Å². The third-order valence-electron chi connectivity index (χ3n) is 2.83. The quantitative estimate of drug-likeness (QED) is 0.827. The summed E-state index contributed by atoms with van der Waals surface area (Å²) in [7, 11) is 3.16. The average molecular weight is 305 g/mol. The van der Waals surface area contributed by atoms with E-state index in [2.05, 4.69) is 4.98 Å². The van der Waals surface area contributed by atoms with Gasteiger partial charge in [0.05, 0.1) is 19.8 Å². The number of carboxylic acids is 1. The number of benzene rings is 1. The Hall–Kier alpha value is -2.21. The van der Waals surface area contributed by atoms with Crippen LogP contribution in [0.3, 0.4) is 0 Å². The van der Waals surface area contributed by atoms with Gasteiger partial charge in [0.25, 0.3) is 0 Å². The summed E-state index contributed by atoms with van der Waals surface area (Å²) in [5.41, 5.74) is 1.21. The zero-order valence-corrected chi connectivity index (χ0v) is 12.5. The van der Waals surface area contributed by atoms with Gasteiger partial charge < -0.3 is 14.6 Å². The van der Waals surface area contributed by atoms with Gasteiger partial charge in [-0.25, -0.2) is 9.78 Å². The number of aromatic nitrogens is 1. The van der Waals surface area contributed by atoms with Crippen molar-refractivity contribution in [1.29, 1.82) is 0 Å². The normalized spacial score (nSPS) is 10.2. The molecule has 0 bridgehead atoms. The molecule has 0 aliphatic rings. The molecule has 0 fully saturated rings. The topological polar surface area (TPSA) is 68.7 Å². The molecule has 1 aromatic carbocycles. The van der Waals surface area contributed by atoms with Gasteiger partial charge in [-0.1, -0.05) is 6.07 Å². The Morgan fingerprint density at radius 1 is 1.24 bits per heavy atom. The summed E-state index contributed by atoms with van der Waals surface area (Å²) < 4.78 is 10.4. The molecular weight excluding hydrogens is 290 g/mol. The van der Waals surface area contributed by atoms with Crippen molar-refractivity contribution < 1.29 is 19.4 Å². The molecule has 110 valence electrons. The minimum absolute atomic E-state index is 0.211. The van der Waals surface area contributed by atoms with E-state index < -0.39 is 5.97 Å². The SMILES string of the molecule is COc1ccc(CSc2ncccc2C(=O)O)cc1OC. The Kier molecular flexibility index (Phi) is 5.05. The molecule has 0 aliphatic carbocycles. The fourth-order valence-electron chi connectivity index (χ4n) is 1.79. The van der Waals surface area contributed by atoms with Crippen molar-refractivity contribution in [2.24, 2.45) is 0 Å². The second kappa shape index (κ2) is 6.99. The predicted octanol–water partition coefficient (Wildman–Crippen LogP) is 3.09. The lowest BCUT2D eigenvalue weighted by Gasteiger charge is -2.09. The summed E-state index contributed by atoms with van der Waals surface area (Å²) in [6.07, 6.45) is 1.59. The van der Waals surface area contributed by atoms with Crippen LogP contribution in [0.1, 0.15) is 15.9 Å². The molecule has 0 unspecified atom stereocenters. The van der Waals surface area contributed by atoms with Crippen LogP contribution in [0.15, 0.2) is 41.6 Å². The first-order valence-electron chi connectivity index (χ1n) is 6.17. The summed E-state index contributed by atoms with van der Waals surface area (Å²) in [6.45, 7) is 0. The van der Waals surface area contributed by atoms with E-state index in [4.69, 9.17) is 14.6 Å². The van der Waals surface area contributed by atoms with Crippen LogP contribution in [-0.4, -0.2) is 30.3 Å². The van der Waals surface area contributed by atoms with Crippen LogP contribution >= 0.6 is 11.8 Å². The highest BCUT2D eigenvalue weighted by molar-refractivity contribution is 7.98. The van der Waals surface area contributed by atoms with E-state index >= 15 is 0 Å². The van der Waals surface area contributed by atoms with Crippen LogP contribution in [0.25, 0.3) is 0 Å². The highest BCUT2D eigenvalue weighted by Gasteiger charge is 2.12. The molecule has 2 aromatic rings. The molecule has 2 rings (SSSR count). The number of methoxy groups -OCH3 is 2. The molecule has 0 atom stereocenters. The second-order valence-electron chi connectivity index (χ2n) is 4.14. The van der Waals surface area contributed by atoms with Crippen LogP contribution in [0, 0.1) is 0 Å². The Labute approximate surface area is 126 Å². The van der Waals surface area contributed by atoms with Crippen molar-refractivity contribution >= 4 is 17.7 Å². The van der Waals surface area contributed by atoms with E-state index in [-0.39, 0.29) is 5.56 Å². The van der Waals surface area contributed by atoms with E-state index in [9.17, 15) is 4.79 Å². The third-order valence-corrected chi connectivity index (χ3v) is 3.90. The molecule has 1 aromatic heterocycles. The van der Waals surface area contributed by atoms with Gasteiger partial charge in [-0.2, -0.15) is 0 Å². The van der Waals surface area contributed by atoms with Crippen molar-refractivity contribution in [3.8, 4) is 11.5 Å². The van der Waals surface area contributed by atoms with Gasteiger partial charge in [-0.3, -0.25) is 0 Å². The summed E-state index contributed by atoms with van der Waals surface area (Å²) in [5.74, 6) is 0.931. The minimum atomic E-state index is -0.974. The monoisotopic (exact) mass is 305 g/mol. The fourth-order valence-corrected chi connectivity index (χ4v) is 2.72. The first-order chi connectivity index (χ1) is 10.2. The molecule has 0 spiro atoms. The fraction of sp³-hybridized carbons (Fsp3) is 0.200. The van der Waals surface area contributed by atoms with Gasteiger partial charge >= 0.3 is 5.97 Å². The Bertz CT molecular complexity index is 645. The maximum atomic E-state index is 11.1. The highest BCUT2D eigenvalue weighted by atomic mass is 32.2. The van der Waals surface area contributed by atoms with E-state index in [1.165, 1.54) is 11.8 Å². The summed E-state index contributed by atoms with van der Waals surface area (Å²) >= 11 is 1.37. The van der Waals surface area contributed by atoms with Crippen LogP contribution in [0.5, 0.6) is 11.5 Å². The smallest absolute Gasteiger partial charge is 0.338 e. The maximum Gasteiger partial charge on any atom is 0.338 e. The average Bonchev–Trinajstić information content (AvgIpc) is 2.52. The summed E-state index contributed by atoms with van der Waals surface area (Å²) in [4.78, 5) is 15.2. The summed E-state index contributed by atoms with van der Waals surface area (Å²) in [6, 6.07) is 8.77. The Balaban J connectivity index is 2.15. The molecule has 5 nitrogen and oxygen atoms in total. The lowest BCUT2D eigenvalue weighted by atomic mass is 10.2. The number of aromatic carboxylic acids is 1. The summed E-state index contributed by atoms with van der Waals surface area (Å²) in [5, 5.41) is 9.62. The zero-order valence-electron chi connectivity index (χ0n) is 11.7. The minimum Gasteiger partial charge on any atom is -0.493 e. The van der Waals surface area contributed by atoms with Gasteiger partial charge in [0, 0.05) is 11.9 Å². The molecule has 0 aliphatic heterocycles. The maximum absolute atomic E-state index is 11.1. The van der Waals surface area contributed by atoms with Crippen molar-refractivity contribution in [2.45, 2.75) is 10.8 Å². The largest absolute Gasteiger partial charge is 0.493 e. The lowest BCUT2D eigenvalue weighted by molar-refractivity contribution is 0.0692. The van der Waals surface area contributed by atoms with Crippen molar-refractivity contribution in [2.75, 3.05) is 14.2 Å². The van der Waals surface area contributed by atoms with Crippen molar-refractivity contribution in [1.82, 2.24) is 4.98 Å². The van der Waals surface area contributed by atoms with Gasteiger partial charge in [0.15, 0.2) is 11.5 Å². The van der Waals surface area contributed by atoms with E-state index in [1.807, 2.05) is 18.2 Å². The molecule has 0 radical (unpaired) electrons. The molecule has 21 heavy (non-hydrogen) atoms. The van der Waals surface area contributed by atoms with Crippen LogP contribution in [0.2, 0.25) is 0 Å². The Morgan fingerprint density at radius 2 is 2.00 bits per heavy atom. The number of ether oxygens (including phenoxy) is 2. The molecule has 1 heterocycles. The molecule has 1 N–H and O–H groups in total. The molecule has 0 amide bonds. The number of thioether (sulfide) groups is 1. The van der Waals surface area contributed by atoms with Gasteiger partial charge in [0.2, 0.25) is 0 Å². The molecule has 0 saturated heterocycles. The number of hydrogen-bond acceptors (Lipinski definition) is 5. The van der Waals surface area contributed by atoms with Gasteiger partial charge in [-0.15, -0.1) is 11.8 Å². The van der Waals surface area contributed by atoms with E-state index in [0.717, 1.165) is 5.56 Å². The number of carboxylic acid groups (broad SMARTS) is 1. The Morgan fingerprint density at radius 3 is 2.67 bits per heavy atom. The number of hydrogen-bond donors (Lipinski definition) is 1. The first kappa shape index (κ1) is 15.2. The van der Waals surface area contributed by atoms with E-state index in [0.29, 0.717) is 22.3 Å². The first-order valence-corrected chi connectivity index (χ1v) is 7.16.